The summed E-state index contributed by atoms with van der Waals surface area (Å²) in [6.07, 6.45) is 2.05. The van der Waals surface area contributed by atoms with Crippen molar-refractivity contribution >= 4 is 5.91 Å². The molecule has 0 aromatic carbocycles. The fourth-order valence-corrected chi connectivity index (χ4v) is 1.52. The van der Waals surface area contributed by atoms with E-state index in [1.54, 1.807) is 13.8 Å². The van der Waals surface area contributed by atoms with E-state index in [9.17, 15) is 4.79 Å². The van der Waals surface area contributed by atoms with E-state index in [2.05, 4.69) is 17.3 Å². The Hall–Kier alpha value is -0.610. The molecule has 0 atom stereocenters. The highest BCUT2D eigenvalue weighted by Crippen LogP contribution is 2.09. The van der Waals surface area contributed by atoms with Crippen LogP contribution in [0.4, 0.5) is 0 Å². The monoisotopic (exact) mass is 199 g/mol. The summed E-state index contributed by atoms with van der Waals surface area (Å²) in [4.78, 5) is 13.8. The van der Waals surface area contributed by atoms with E-state index in [0.717, 1.165) is 25.9 Å². The largest absolute Gasteiger partial charge is 0.352 e. The summed E-state index contributed by atoms with van der Waals surface area (Å²) in [5, 5.41) is 2.99. The number of nitrogens with zero attached hydrogens (tertiary/aromatic N) is 1. The molecule has 0 unspecified atom stereocenters. The van der Waals surface area contributed by atoms with Gasteiger partial charge in [-0.2, -0.15) is 0 Å². The molecule has 0 radical (unpaired) electrons. The maximum atomic E-state index is 11.6. The molecule has 1 fully saturated rings. The van der Waals surface area contributed by atoms with E-state index < -0.39 is 5.54 Å². The van der Waals surface area contributed by atoms with E-state index in [4.69, 9.17) is 5.73 Å². The number of carbonyl (C=O) groups is 1. The van der Waals surface area contributed by atoms with Gasteiger partial charge in [0.25, 0.3) is 0 Å². The second-order valence-corrected chi connectivity index (χ2v) is 4.77. The molecule has 0 spiro atoms. The van der Waals surface area contributed by atoms with E-state index in [1.165, 1.54) is 0 Å². The van der Waals surface area contributed by atoms with E-state index in [0.29, 0.717) is 6.04 Å². The molecular weight excluding hydrogens is 178 g/mol. The van der Waals surface area contributed by atoms with Crippen molar-refractivity contribution in [1.29, 1.82) is 0 Å². The van der Waals surface area contributed by atoms with Crippen LogP contribution in [0, 0.1) is 0 Å². The van der Waals surface area contributed by atoms with Crippen molar-refractivity contribution in [3.63, 3.8) is 0 Å². The summed E-state index contributed by atoms with van der Waals surface area (Å²) in [6, 6.07) is 0.307. The summed E-state index contributed by atoms with van der Waals surface area (Å²) in [5.74, 6) is -0.0490. The lowest BCUT2D eigenvalue weighted by Gasteiger charge is -2.31. The van der Waals surface area contributed by atoms with Crippen molar-refractivity contribution in [3.05, 3.63) is 0 Å². The van der Waals surface area contributed by atoms with Crippen LogP contribution in [0.1, 0.15) is 26.7 Å². The number of carbonyl (C=O) groups excluding carboxylic acids is 1. The van der Waals surface area contributed by atoms with Gasteiger partial charge in [0.1, 0.15) is 0 Å². The smallest absolute Gasteiger partial charge is 0.239 e. The van der Waals surface area contributed by atoms with Crippen molar-refractivity contribution in [2.75, 3.05) is 20.1 Å². The molecule has 14 heavy (non-hydrogen) atoms. The average Bonchev–Trinajstić information content (AvgIpc) is 2.07. The van der Waals surface area contributed by atoms with Gasteiger partial charge in [0.15, 0.2) is 0 Å². The Bertz CT molecular complexity index is 202. The second-order valence-electron chi connectivity index (χ2n) is 4.77. The fraction of sp³-hybridized carbons (Fsp3) is 0.900. The van der Waals surface area contributed by atoms with Crippen LogP contribution in [0.5, 0.6) is 0 Å². The van der Waals surface area contributed by atoms with Gasteiger partial charge in [-0.05, 0) is 46.8 Å². The maximum absolute atomic E-state index is 11.6. The molecule has 82 valence electrons. The van der Waals surface area contributed by atoms with Crippen molar-refractivity contribution in [2.24, 2.45) is 5.73 Å². The first-order valence-corrected chi connectivity index (χ1v) is 5.18. The van der Waals surface area contributed by atoms with Gasteiger partial charge < -0.3 is 16.0 Å². The first-order chi connectivity index (χ1) is 6.39. The minimum atomic E-state index is -0.761. The SMILES string of the molecule is CN1CCC(NC(=O)C(C)(C)N)CC1. The molecule has 0 aromatic heterocycles. The number of nitrogens with one attached hydrogen (secondary N) is 1. The molecule has 1 heterocycles. The van der Waals surface area contributed by atoms with Crippen LogP contribution < -0.4 is 11.1 Å². The normalized spacial score (nSPS) is 20.9. The highest BCUT2D eigenvalue weighted by Gasteiger charge is 2.25. The molecule has 1 amide bonds. The summed E-state index contributed by atoms with van der Waals surface area (Å²) in [6.45, 7) is 5.57. The lowest BCUT2D eigenvalue weighted by molar-refractivity contribution is -0.126. The molecule has 1 aliphatic rings. The molecule has 0 bridgehead atoms. The van der Waals surface area contributed by atoms with Gasteiger partial charge in [-0.3, -0.25) is 4.79 Å². The Kier molecular flexibility index (Phi) is 3.50. The zero-order valence-electron chi connectivity index (χ0n) is 9.34. The van der Waals surface area contributed by atoms with Crippen molar-refractivity contribution in [2.45, 2.75) is 38.3 Å². The van der Waals surface area contributed by atoms with Crippen molar-refractivity contribution in [3.8, 4) is 0 Å². The number of likely N-dealkylation sites (tertiary alicyclic amines) is 1. The highest BCUT2D eigenvalue weighted by molar-refractivity contribution is 5.85. The molecular formula is C10H21N3O. The number of amides is 1. The van der Waals surface area contributed by atoms with Crippen LogP contribution in [-0.4, -0.2) is 42.5 Å². The van der Waals surface area contributed by atoms with Gasteiger partial charge in [0.05, 0.1) is 5.54 Å². The van der Waals surface area contributed by atoms with Crippen LogP contribution in [0.25, 0.3) is 0 Å². The van der Waals surface area contributed by atoms with Gasteiger partial charge in [-0.1, -0.05) is 0 Å². The lowest BCUT2D eigenvalue weighted by Crippen LogP contribution is -2.54. The maximum Gasteiger partial charge on any atom is 0.239 e. The number of nitrogens with two attached hydrogens (primary N) is 1. The van der Waals surface area contributed by atoms with Gasteiger partial charge in [0, 0.05) is 6.04 Å². The van der Waals surface area contributed by atoms with Gasteiger partial charge in [-0.15, -0.1) is 0 Å². The Morgan fingerprint density at radius 3 is 2.36 bits per heavy atom. The Balaban J connectivity index is 2.35. The summed E-state index contributed by atoms with van der Waals surface area (Å²) in [5.41, 5.74) is 4.94. The number of rotatable bonds is 2. The van der Waals surface area contributed by atoms with Crippen LogP contribution in [0.3, 0.4) is 0 Å². The Labute approximate surface area is 85.8 Å². The van der Waals surface area contributed by atoms with E-state index in [-0.39, 0.29) is 5.91 Å². The summed E-state index contributed by atoms with van der Waals surface area (Å²) in [7, 11) is 2.10. The van der Waals surface area contributed by atoms with E-state index >= 15 is 0 Å². The number of hydrogen-bond donors (Lipinski definition) is 2. The molecule has 4 heteroatoms. The molecule has 1 aliphatic heterocycles. The quantitative estimate of drug-likeness (QED) is 0.655. The summed E-state index contributed by atoms with van der Waals surface area (Å²) < 4.78 is 0. The fourth-order valence-electron chi connectivity index (χ4n) is 1.52. The van der Waals surface area contributed by atoms with Crippen LogP contribution in [0.15, 0.2) is 0 Å². The molecule has 0 aromatic rings. The predicted molar refractivity (Wildman–Crippen MR) is 56.9 cm³/mol. The topological polar surface area (TPSA) is 58.4 Å². The third-order valence-corrected chi connectivity index (χ3v) is 2.64. The van der Waals surface area contributed by atoms with Crippen molar-refractivity contribution in [1.82, 2.24) is 10.2 Å². The molecule has 1 saturated heterocycles. The molecule has 0 aliphatic carbocycles. The third-order valence-electron chi connectivity index (χ3n) is 2.64. The first-order valence-electron chi connectivity index (χ1n) is 5.18. The molecule has 3 N–H and O–H groups in total. The molecule has 1 rings (SSSR count). The minimum Gasteiger partial charge on any atom is -0.352 e. The standard InChI is InChI=1S/C10H21N3O/c1-10(2,11)9(14)12-8-4-6-13(3)7-5-8/h8H,4-7,11H2,1-3H3,(H,12,14). The predicted octanol–water partition coefficient (Wildman–Crippen LogP) is -0.0659. The van der Waals surface area contributed by atoms with Crippen LogP contribution in [-0.2, 0) is 4.79 Å². The van der Waals surface area contributed by atoms with E-state index in [1.807, 2.05) is 0 Å². The second kappa shape index (κ2) is 4.28. The van der Waals surface area contributed by atoms with Gasteiger partial charge in [-0.25, -0.2) is 0 Å². The zero-order valence-corrected chi connectivity index (χ0v) is 9.34. The molecule has 0 saturated carbocycles. The Morgan fingerprint density at radius 1 is 1.43 bits per heavy atom. The van der Waals surface area contributed by atoms with Gasteiger partial charge >= 0.3 is 0 Å². The van der Waals surface area contributed by atoms with Gasteiger partial charge in [0.2, 0.25) is 5.91 Å². The molecule has 4 nitrogen and oxygen atoms in total. The average molecular weight is 199 g/mol. The highest BCUT2D eigenvalue weighted by atomic mass is 16.2. The first kappa shape index (κ1) is 11.5. The number of hydrogen-bond acceptors (Lipinski definition) is 3. The zero-order chi connectivity index (χ0) is 10.8. The van der Waals surface area contributed by atoms with Crippen molar-refractivity contribution < 1.29 is 4.79 Å². The Morgan fingerprint density at radius 2 is 1.93 bits per heavy atom. The minimum absolute atomic E-state index is 0.0490. The van der Waals surface area contributed by atoms with Crippen LogP contribution in [0.2, 0.25) is 0 Å². The van der Waals surface area contributed by atoms with Crippen LogP contribution >= 0.6 is 0 Å². The summed E-state index contributed by atoms with van der Waals surface area (Å²) >= 11 is 0. The lowest BCUT2D eigenvalue weighted by atomic mass is 10.0. The third kappa shape index (κ3) is 3.27. The number of piperidine rings is 1.